The van der Waals surface area contributed by atoms with E-state index in [-0.39, 0.29) is 17.9 Å². The quantitative estimate of drug-likeness (QED) is 0.261. The fourth-order valence-electron chi connectivity index (χ4n) is 0.814. The molecule has 0 aromatic heterocycles. The van der Waals surface area contributed by atoms with Gasteiger partial charge in [-0.05, 0) is 13.2 Å². The molecule has 9 heteroatoms. The Bertz CT molecular complexity index is 242. The molecule has 0 aliphatic heterocycles. The van der Waals surface area contributed by atoms with E-state index in [0.717, 1.165) is 0 Å². The summed E-state index contributed by atoms with van der Waals surface area (Å²) in [4.78, 5) is 4.29. The highest BCUT2D eigenvalue weighted by Crippen LogP contribution is 2.48. The predicted octanol–water partition coefficient (Wildman–Crippen LogP) is 1.60. The summed E-state index contributed by atoms with van der Waals surface area (Å²) in [5.74, 6) is 0. The maximum absolute atomic E-state index is 11.7. The molecule has 0 rings (SSSR count). The highest BCUT2D eigenvalue weighted by atomic mass is 32.2. The van der Waals surface area contributed by atoms with Gasteiger partial charge >= 0.3 is 7.82 Å². The first-order chi connectivity index (χ1) is 7.97. The van der Waals surface area contributed by atoms with E-state index < -0.39 is 7.82 Å². The smallest absolute Gasteiger partial charge is 0.387 e. The molecule has 0 aliphatic carbocycles. The lowest BCUT2D eigenvalue weighted by Crippen LogP contribution is -2.22. The first-order valence-electron chi connectivity index (χ1n) is 4.90. The first-order valence-corrected chi connectivity index (χ1v) is 7.65. The van der Waals surface area contributed by atoms with Crippen molar-refractivity contribution in [3.63, 3.8) is 0 Å². The molecule has 0 saturated heterocycles. The number of ether oxygens (including phenoxy) is 1. The number of hydrogen-bond donors (Lipinski definition) is 0. The van der Waals surface area contributed by atoms with Crippen molar-refractivity contribution in [3.05, 3.63) is 0 Å². The molecule has 0 aliphatic rings. The zero-order chi connectivity index (χ0) is 13.3. The second kappa shape index (κ2) is 9.38. The molecule has 0 fully saturated rings. The molecule has 1 unspecified atom stereocenters. The predicted molar refractivity (Wildman–Crippen MR) is 67.1 cm³/mol. The van der Waals surface area contributed by atoms with Gasteiger partial charge in [0.25, 0.3) is 0 Å². The Kier molecular flexibility index (Phi) is 9.63. The van der Waals surface area contributed by atoms with Gasteiger partial charge in [0, 0.05) is 13.1 Å². The topological polar surface area (TPSA) is 63.2 Å². The molecule has 6 nitrogen and oxygen atoms in total. The van der Waals surface area contributed by atoms with E-state index >= 15 is 0 Å². The summed E-state index contributed by atoms with van der Waals surface area (Å²) in [7, 11) is 4.25. The van der Waals surface area contributed by atoms with Gasteiger partial charge in [-0.2, -0.15) is 11.8 Å². The molecule has 3 atom stereocenters. The van der Waals surface area contributed by atoms with Gasteiger partial charge in [0.1, 0.15) is 7.85 Å². The first kappa shape index (κ1) is 17.4. The molecule has 0 aromatic rings. The molecule has 0 spiro atoms. The lowest BCUT2D eigenvalue weighted by molar-refractivity contribution is -0.200. The van der Waals surface area contributed by atoms with Crippen LogP contribution in [0.15, 0.2) is 0 Å². The van der Waals surface area contributed by atoms with E-state index in [1.807, 2.05) is 6.26 Å². The largest absolute Gasteiger partial charge is 0.501 e. The molecule has 0 bridgehead atoms. The van der Waals surface area contributed by atoms with Crippen LogP contribution in [-0.4, -0.2) is 52.8 Å². The van der Waals surface area contributed by atoms with Crippen molar-refractivity contribution in [1.82, 2.24) is 0 Å². The Balaban J connectivity index is 4.07. The van der Waals surface area contributed by atoms with Crippen molar-refractivity contribution in [2.45, 2.75) is 18.2 Å². The molecule has 17 heavy (non-hydrogen) atoms. The summed E-state index contributed by atoms with van der Waals surface area (Å²) in [6.07, 6.45) is 1.88. The van der Waals surface area contributed by atoms with Gasteiger partial charge in [0.2, 0.25) is 0 Å². The van der Waals surface area contributed by atoms with Crippen LogP contribution in [0.5, 0.6) is 0 Å². The lowest BCUT2D eigenvalue weighted by atomic mass is 10.0. The van der Waals surface area contributed by atoms with Crippen molar-refractivity contribution in [3.8, 4) is 0 Å². The standard InChI is InChI=1S/C8H18BO6PS/c1-7(9)13-5-8(17-4)6-14-16(10,12-3)15-11-2/h7-8H,5-6H2,1-4H3/t7-,8+,16?/m1/s1. The van der Waals surface area contributed by atoms with E-state index in [9.17, 15) is 4.57 Å². The van der Waals surface area contributed by atoms with Crippen LogP contribution in [0, 0.1) is 0 Å². The molecule has 0 heterocycles. The van der Waals surface area contributed by atoms with Crippen molar-refractivity contribution in [2.24, 2.45) is 0 Å². The molecule has 0 saturated carbocycles. The summed E-state index contributed by atoms with van der Waals surface area (Å²) < 4.78 is 31.0. The van der Waals surface area contributed by atoms with Crippen molar-refractivity contribution in [2.75, 3.05) is 33.7 Å². The molecule has 0 aromatic carbocycles. The normalized spacial score (nSPS) is 18.6. The number of hydrogen-bond acceptors (Lipinski definition) is 7. The van der Waals surface area contributed by atoms with Crippen LogP contribution in [0.25, 0.3) is 0 Å². The van der Waals surface area contributed by atoms with Crippen LogP contribution in [-0.2, 0) is 27.9 Å². The summed E-state index contributed by atoms with van der Waals surface area (Å²) in [5, 5.41) is -0.0232. The minimum atomic E-state index is -3.64. The Morgan fingerprint density at radius 2 is 2.00 bits per heavy atom. The van der Waals surface area contributed by atoms with Gasteiger partial charge in [-0.25, -0.2) is 9.45 Å². The van der Waals surface area contributed by atoms with Crippen molar-refractivity contribution in [1.29, 1.82) is 0 Å². The highest BCUT2D eigenvalue weighted by Gasteiger charge is 2.27. The fraction of sp³-hybridized carbons (Fsp3) is 1.00. The minimum absolute atomic E-state index is 0.0232. The number of rotatable bonds is 10. The average Bonchev–Trinajstić information content (AvgIpc) is 2.29. The highest BCUT2D eigenvalue weighted by molar-refractivity contribution is 7.99. The third kappa shape index (κ3) is 8.21. The van der Waals surface area contributed by atoms with Crippen LogP contribution in [0.4, 0.5) is 0 Å². The van der Waals surface area contributed by atoms with E-state index in [1.165, 1.54) is 26.0 Å². The van der Waals surface area contributed by atoms with Crippen LogP contribution in [0.3, 0.4) is 0 Å². The van der Waals surface area contributed by atoms with E-state index in [1.54, 1.807) is 6.92 Å². The monoisotopic (exact) mass is 284 g/mol. The van der Waals surface area contributed by atoms with Gasteiger partial charge in [0.05, 0.1) is 25.6 Å². The molecular formula is C8H18BO6PS. The maximum atomic E-state index is 11.7. The molecule has 0 N–H and O–H groups in total. The second-order valence-electron chi connectivity index (χ2n) is 3.06. The van der Waals surface area contributed by atoms with Crippen molar-refractivity contribution < 1.29 is 27.9 Å². The SMILES string of the molecule is [B][C@@H](C)OC[C@@H](COP(=O)(OC)OOC)SC. The summed E-state index contributed by atoms with van der Waals surface area (Å²) in [6, 6.07) is -0.353. The number of thioether (sulfide) groups is 1. The Morgan fingerprint density at radius 1 is 1.35 bits per heavy atom. The minimum Gasteiger partial charge on any atom is -0.387 e. The number of phosphoric ester groups is 1. The molecule has 100 valence electrons. The van der Waals surface area contributed by atoms with Crippen LogP contribution >= 0.6 is 19.6 Å². The third-order valence-corrected chi connectivity index (χ3v) is 3.87. The van der Waals surface area contributed by atoms with Gasteiger partial charge < -0.3 is 4.74 Å². The van der Waals surface area contributed by atoms with Gasteiger partial charge in [0.15, 0.2) is 0 Å². The van der Waals surface area contributed by atoms with Crippen LogP contribution in [0.2, 0.25) is 0 Å². The van der Waals surface area contributed by atoms with Gasteiger partial charge in [-0.3, -0.25) is 9.05 Å². The fourth-order valence-corrected chi connectivity index (χ4v) is 2.09. The molecule has 2 radical (unpaired) electrons. The van der Waals surface area contributed by atoms with Crippen molar-refractivity contribution >= 4 is 27.4 Å². The molecule has 0 amide bonds. The molecular weight excluding hydrogens is 266 g/mol. The van der Waals surface area contributed by atoms with Gasteiger partial charge in [-0.15, -0.1) is 4.67 Å². The van der Waals surface area contributed by atoms with Crippen LogP contribution in [0.1, 0.15) is 6.92 Å². The zero-order valence-corrected chi connectivity index (χ0v) is 12.2. The Hall–Kier alpha value is 0.445. The summed E-state index contributed by atoms with van der Waals surface area (Å²) in [5.41, 5.74) is 0. The Morgan fingerprint density at radius 3 is 2.41 bits per heavy atom. The summed E-state index contributed by atoms with van der Waals surface area (Å²) >= 11 is 1.50. The summed E-state index contributed by atoms with van der Waals surface area (Å²) in [6.45, 7) is 2.25. The average molecular weight is 284 g/mol. The van der Waals surface area contributed by atoms with E-state index in [2.05, 4.69) is 14.1 Å². The zero-order valence-electron chi connectivity index (χ0n) is 10.5. The lowest BCUT2D eigenvalue weighted by Gasteiger charge is -2.19. The third-order valence-electron chi connectivity index (χ3n) is 1.69. The second-order valence-corrected chi connectivity index (χ2v) is 5.87. The van der Waals surface area contributed by atoms with E-state index in [0.29, 0.717) is 6.61 Å². The van der Waals surface area contributed by atoms with Gasteiger partial charge in [-0.1, -0.05) is 0 Å². The number of phosphoric acid groups is 1. The maximum Gasteiger partial charge on any atom is 0.501 e. The van der Waals surface area contributed by atoms with Crippen LogP contribution < -0.4 is 0 Å². The van der Waals surface area contributed by atoms with E-state index in [4.69, 9.17) is 17.1 Å². The Labute approximate surface area is 108 Å².